The molecule has 0 bridgehead atoms. The number of benzene rings is 3. The minimum Gasteiger partial charge on any atom is -0.508 e. The zero-order valence-corrected chi connectivity index (χ0v) is 24.9. The maximum Gasteiger partial charge on any atom is 0.573 e. The van der Waals surface area contributed by atoms with Crippen LogP contribution in [0.5, 0.6) is 11.5 Å². The fourth-order valence-electron chi connectivity index (χ4n) is 4.92. The number of alkyl halides is 7. The summed E-state index contributed by atoms with van der Waals surface area (Å²) >= 11 is 0. The Kier molecular flexibility index (Phi) is 8.13. The lowest BCUT2D eigenvalue weighted by Crippen LogP contribution is -2.17. The first kappa shape index (κ1) is 32.5. The summed E-state index contributed by atoms with van der Waals surface area (Å²) in [5, 5.41) is 14.9. The molecule has 0 atom stereocenters. The number of aromatic hydroxyl groups is 1. The lowest BCUT2D eigenvalue weighted by Gasteiger charge is -2.17. The summed E-state index contributed by atoms with van der Waals surface area (Å²) in [7, 11) is -4.00. The Balaban J connectivity index is 1.76. The van der Waals surface area contributed by atoms with Gasteiger partial charge >= 0.3 is 12.5 Å². The van der Waals surface area contributed by atoms with Gasteiger partial charge in [0, 0.05) is 23.6 Å². The van der Waals surface area contributed by atoms with E-state index < -0.39 is 56.7 Å². The second-order valence-corrected chi connectivity index (χ2v) is 12.3. The van der Waals surface area contributed by atoms with E-state index in [0.29, 0.717) is 5.69 Å². The molecule has 0 amide bonds. The maximum absolute atomic E-state index is 13.7. The first-order chi connectivity index (χ1) is 21.4. The molecule has 0 saturated carbocycles. The van der Waals surface area contributed by atoms with E-state index in [2.05, 4.69) is 14.8 Å². The third-order valence-electron chi connectivity index (χ3n) is 6.90. The van der Waals surface area contributed by atoms with Gasteiger partial charge in [0.2, 0.25) is 0 Å². The molecule has 46 heavy (non-hydrogen) atoms. The van der Waals surface area contributed by atoms with Crippen LogP contribution < -0.4 is 4.74 Å². The quantitative estimate of drug-likeness (QED) is 0.180. The average Bonchev–Trinajstić information content (AvgIpc) is 3.54. The van der Waals surface area contributed by atoms with Crippen molar-refractivity contribution in [1.82, 2.24) is 19.3 Å². The number of phenols is 1. The molecule has 1 N–H and O–H groups in total. The lowest BCUT2D eigenvalue weighted by atomic mass is 9.98. The number of hydrogen-bond acceptors (Lipinski definition) is 6. The van der Waals surface area contributed by atoms with Gasteiger partial charge in [0.25, 0.3) is 0 Å². The Hall–Kier alpha value is -4.86. The van der Waals surface area contributed by atoms with Gasteiger partial charge in [-0.1, -0.05) is 6.07 Å². The number of imidazole rings is 1. The van der Waals surface area contributed by atoms with E-state index in [1.54, 1.807) is 13.0 Å². The van der Waals surface area contributed by atoms with Crippen LogP contribution in [-0.2, 0) is 22.7 Å². The average molecular weight is 669 g/mol. The molecule has 242 valence electrons. The normalized spacial score (nSPS) is 12.5. The van der Waals surface area contributed by atoms with Crippen molar-refractivity contribution in [2.24, 2.45) is 0 Å². The van der Waals surface area contributed by atoms with Crippen LogP contribution in [0, 0.1) is 13.8 Å². The van der Waals surface area contributed by atoms with Crippen molar-refractivity contribution in [1.29, 1.82) is 0 Å². The highest BCUT2D eigenvalue weighted by molar-refractivity contribution is 7.90. The molecule has 16 heteroatoms. The lowest BCUT2D eigenvalue weighted by molar-refractivity contribution is -0.274. The van der Waals surface area contributed by atoms with Gasteiger partial charge < -0.3 is 14.4 Å². The molecule has 0 saturated heterocycles. The number of halogens is 7. The highest BCUT2D eigenvalue weighted by atomic mass is 32.2. The summed E-state index contributed by atoms with van der Waals surface area (Å²) in [5.41, 5.74) is 0.288. The highest BCUT2D eigenvalue weighted by Crippen LogP contribution is 2.39. The number of nitrogens with zero attached hydrogens (tertiary/aromatic N) is 4. The predicted molar refractivity (Wildman–Crippen MR) is 152 cm³/mol. The minimum absolute atomic E-state index is 0.0259. The van der Waals surface area contributed by atoms with Gasteiger partial charge in [-0.25, -0.2) is 22.5 Å². The monoisotopic (exact) mass is 668 g/mol. The molecule has 0 fully saturated rings. The van der Waals surface area contributed by atoms with Crippen LogP contribution in [0.1, 0.15) is 22.8 Å². The summed E-state index contributed by atoms with van der Waals surface area (Å²) in [6.45, 7) is 1.73. The SMILES string of the molecule is Cc1cc(-c2cc(-c3cc(O)c(CF)c(S(C)(=O)=O)c3)ccc2-n2cc(C(F)(F)F)nc2C)n(-c2ccc(OC(F)(F)F)cc2)n1. The van der Waals surface area contributed by atoms with E-state index in [0.717, 1.165) is 30.7 Å². The van der Waals surface area contributed by atoms with Gasteiger partial charge in [-0.2, -0.15) is 18.3 Å². The summed E-state index contributed by atoms with van der Waals surface area (Å²) in [6.07, 6.45) is -8.03. The third-order valence-corrected chi connectivity index (χ3v) is 8.07. The number of rotatable bonds is 7. The van der Waals surface area contributed by atoms with E-state index >= 15 is 0 Å². The van der Waals surface area contributed by atoms with Crippen LogP contribution in [0.25, 0.3) is 33.8 Å². The minimum atomic E-state index is -4.92. The maximum atomic E-state index is 13.7. The van der Waals surface area contributed by atoms with E-state index in [4.69, 9.17) is 0 Å². The fourth-order valence-corrected chi connectivity index (χ4v) is 5.87. The van der Waals surface area contributed by atoms with Crippen molar-refractivity contribution in [2.75, 3.05) is 6.26 Å². The molecule has 2 aromatic heterocycles. The van der Waals surface area contributed by atoms with Crippen molar-refractivity contribution < 1.29 is 49.0 Å². The molecule has 0 unspecified atom stereocenters. The van der Waals surface area contributed by atoms with Crippen LogP contribution in [-0.4, -0.2) is 45.5 Å². The highest BCUT2D eigenvalue weighted by Gasteiger charge is 2.35. The van der Waals surface area contributed by atoms with Gasteiger partial charge in [0.1, 0.15) is 24.0 Å². The summed E-state index contributed by atoms with van der Waals surface area (Å²) in [4.78, 5) is 3.20. The van der Waals surface area contributed by atoms with Gasteiger partial charge in [0.15, 0.2) is 15.5 Å². The topological polar surface area (TPSA) is 99.2 Å². The van der Waals surface area contributed by atoms with E-state index in [9.17, 15) is 44.3 Å². The molecule has 5 aromatic rings. The van der Waals surface area contributed by atoms with Gasteiger partial charge in [-0.3, -0.25) is 0 Å². The summed E-state index contributed by atoms with van der Waals surface area (Å²) in [5.74, 6) is -1.13. The molecule has 2 heterocycles. The number of phenolic OH excluding ortho intramolecular Hbond substituents is 1. The molecular formula is C30H23F7N4O4S. The Morgan fingerprint density at radius 2 is 1.59 bits per heavy atom. The van der Waals surface area contributed by atoms with Gasteiger partial charge in [0.05, 0.1) is 27.7 Å². The predicted octanol–water partition coefficient (Wildman–Crippen LogP) is 7.50. The first-order valence-electron chi connectivity index (χ1n) is 13.2. The van der Waals surface area contributed by atoms with E-state index in [-0.39, 0.29) is 39.6 Å². The third kappa shape index (κ3) is 6.56. The smallest absolute Gasteiger partial charge is 0.508 e. The summed E-state index contributed by atoms with van der Waals surface area (Å²) < 4.78 is 124. The van der Waals surface area contributed by atoms with Crippen LogP contribution >= 0.6 is 0 Å². The Morgan fingerprint density at radius 3 is 2.15 bits per heavy atom. The Bertz CT molecular complexity index is 2050. The molecule has 5 rings (SSSR count). The van der Waals surface area contributed by atoms with Crippen molar-refractivity contribution >= 4 is 9.84 Å². The zero-order valence-electron chi connectivity index (χ0n) is 24.1. The first-order valence-corrected chi connectivity index (χ1v) is 15.1. The van der Waals surface area contributed by atoms with Crippen molar-refractivity contribution in [3.8, 4) is 45.3 Å². The zero-order chi connectivity index (χ0) is 33.8. The number of sulfone groups is 1. The largest absolute Gasteiger partial charge is 0.573 e. The number of ether oxygens (including phenoxy) is 1. The van der Waals surface area contributed by atoms with E-state index in [1.807, 2.05) is 0 Å². The molecule has 0 aliphatic carbocycles. The molecule has 0 radical (unpaired) electrons. The van der Waals surface area contributed by atoms with Crippen LogP contribution in [0.4, 0.5) is 30.7 Å². The molecule has 0 aliphatic heterocycles. The number of aromatic nitrogens is 4. The Morgan fingerprint density at radius 1 is 0.913 bits per heavy atom. The Labute approximate surface area is 257 Å². The second kappa shape index (κ2) is 11.5. The van der Waals surface area contributed by atoms with Crippen LogP contribution in [0.2, 0.25) is 0 Å². The van der Waals surface area contributed by atoms with Crippen LogP contribution in [0.3, 0.4) is 0 Å². The molecular weight excluding hydrogens is 645 g/mol. The second-order valence-electron chi connectivity index (χ2n) is 10.3. The van der Waals surface area contributed by atoms with Crippen LogP contribution in [0.15, 0.2) is 71.8 Å². The van der Waals surface area contributed by atoms with Crippen molar-refractivity contribution in [3.05, 3.63) is 89.6 Å². The van der Waals surface area contributed by atoms with E-state index in [1.165, 1.54) is 52.6 Å². The number of hydrogen-bond donors (Lipinski definition) is 1. The fraction of sp³-hybridized carbons (Fsp3) is 0.200. The van der Waals surface area contributed by atoms with Crippen molar-refractivity contribution in [2.45, 2.75) is 38.0 Å². The van der Waals surface area contributed by atoms with Crippen molar-refractivity contribution in [3.63, 3.8) is 0 Å². The summed E-state index contributed by atoms with van der Waals surface area (Å²) in [6, 6.07) is 13.1. The standard InChI is InChI=1S/C30H23F7N4O4S/c1-16-10-25(41(39-16)20-5-7-21(8-6-20)45-30(35,36)37)22-11-18(19-12-26(42)23(14-31)27(13-19)46(3,43)44)4-9-24(22)40-15-28(29(32,33)34)38-17(40)2/h4-13,15,42H,14H2,1-3H3. The molecule has 3 aromatic carbocycles. The molecule has 8 nitrogen and oxygen atoms in total. The molecule has 0 spiro atoms. The van der Waals surface area contributed by atoms with Gasteiger partial charge in [-0.05, 0) is 79.6 Å². The van der Waals surface area contributed by atoms with Gasteiger partial charge in [-0.15, -0.1) is 13.2 Å². The molecule has 0 aliphatic rings. The number of aryl methyl sites for hydroxylation is 2.